The van der Waals surface area contributed by atoms with E-state index < -0.39 is 28.2 Å². The molecule has 0 saturated carbocycles. The maximum atomic E-state index is 13.8. The predicted molar refractivity (Wildman–Crippen MR) is 112 cm³/mol. The summed E-state index contributed by atoms with van der Waals surface area (Å²) in [4.78, 5) is 29.2. The van der Waals surface area contributed by atoms with Gasteiger partial charge in [-0.15, -0.1) is 0 Å². The van der Waals surface area contributed by atoms with Gasteiger partial charge in [-0.1, -0.05) is 33.6 Å². The second kappa shape index (κ2) is 5.69. The SMILES string of the molecule is Cc1ccc2c(c1)[C@@]1(C(=O)N2)N(C)CC(C#N)(C#N)[C@@]12C(=O)Nc1ccc(Br)cc12. The van der Waals surface area contributed by atoms with Crippen LogP contribution < -0.4 is 10.6 Å². The number of likely N-dealkylation sites (tertiary alicyclic amines) is 1. The Morgan fingerprint density at radius 2 is 1.63 bits per heavy atom. The molecule has 2 spiro atoms. The molecule has 148 valence electrons. The number of carbonyl (C=O) groups is 2. The molecule has 3 heterocycles. The van der Waals surface area contributed by atoms with Gasteiger partial charge in [0.1, 0.15) is 11.0 Å². The van der Waals surface area contributed by atoms with E-state index in [0.29, 0.717) is 27.0 Å². The third-order valence-corrected chi connectivity index (χ3v) is 7.22. The standard InChI is InChI=1S/C22H16BrN5O2/c1-12-3-5-17-15(7-12)22(19(30)27-17)21(20(9-24,10-25)11-28(22)2)14-8-13(23)4-6-16(14)26-18(21)29/h3-8H,11H2,1-2H3,(H,26,29)(H,27,30)/t21-,22+/m1/s1. The van der Waals surface area contributed by atoms with Crippen LogP contribution in [0.25, 0.3) is 0 Å². The van der Waals surface area contributed by atoms with Gasteiger partial charge in [0, 0.05) is 28.0 Å². The molecule has 2 amide bonds. The van der Waals surface area contributed by atoms with Crippen molar-refractivity contribution in [1.82, 2.24) is 4.90 Å². The van der Waals surface area contributed by atoms with Gasteiger partial charge in [-0.3, -0.25) is 14.5 Å². The lowest BCUT2D eigenvalue weighted by Gasteiger charge is -2.43. The first-order chi connectivity index (χ1) is 14.3. The number of nitriles is 2. The van der Waals surface area contributed by atoms with Crippen LogP contribution in [0.4, 0.5) is 11.4 Å². The molecule has 2 atom stereocenters. The first-order valence-electron chi connectivity index (χ1n) is 9.36. The number of hydrogen-bond donors (Lipinski definition) is 2. The molecule has 1 saturated heterocycles. The normalized spacial score (nSPS) is 28.0. The van der Waals surface area contributed by atoms with Crippen molar-refractivity contribution < 1.29 is 9.59 Å². The Balaban J connectivity index is 2.01. The van der Waals surface area contributed by atoms with Gasteiger partial charge in [-0.25, -0.2) is 0 Å². The number of carbonyl (C=O) groups excluding carboxylic acids is 2. The highest BCUT2D eigenvalue weighted by Crippen LogP contribution is 2.67. The maximum Gasteiger partial charge on any atom is 0.251 e. The van der Waals surface area contributed by atoms with Gasteiger partial charge >= 0.3 is 0 Å². The molecule has 0 aromatic heterocycles. The van der Waals surface area contributed by atoms with Crippen molar-refractivity contribution in [2.45, 2.75) is 17.9 Å². The molecular weight excluding hydrogens is 446 g/mol. The predicted octanol–water partition coefficient (Wildman–Crippen LogP) is 2.77. The van der Waals surface area contributed by atoms with Crippen molar-refractivity contribution in [3.63, 3.8) is 0 Å². The number of hydrogen-bond acceptors (Lipinski definition) is 5. The average molecular weight is 462 g/mol. The smallest absolute Gasteiger partial charge is 0.251 e. The zero-order valence-corrected chi connectivity index (χ0v) is 17.8. The van der Waals surface area contributed by atoms with Crippen LogP contribution in [0.2, 0.25) is 0 Å². The van der Waals surface area contributed by atoms with Gasteiger partial charge in [0.25, 0.3) is 5.91 Å². The van der Waals surface area contributed by atoms with E-state index >= 15 is 0 Å². The summed E-state index contributed by atoms with van der Waals surface area (Å²) < 4.78 is 0.689. The number of amides is 2. The van der Waals surface area contributed by atoms with Crippen molar-refractivity contribution in [1.29, 1.82) is 10.5 Å². The van der Waals surface area contributed by atoms with Crippen LogP contribution in [0.15, 0.2) is 40.9 Å². The Hall–Kier alpha value is -3.20. The largest absolute Gasteiger partial charge is 0.325 e. The summed E-state index contributed by atoms with van der Waals surface area (Å²) in [5, 5.41) is 26.3. The summed E-state index contributed by atoms with van der Waals surface area (Å²) in [5.41, 5.74) is -2.00. The molecule has 2 N–H and O–H groups in total. The number of rotatable bonds is 0. The summed E-state index contributed by atoms with van der Waals surface area (Å²) in [7, 11) is 1.69. The Kier molecular flexibility index (Phi) is 3.57. The summed E-state index contributed by atoms with van der Waals surface area (Å²) in [6, 6.07) is 15.0. The fraction of sp³-hybridized carbons (Fsp3) is 0.273. The Morgan fingerprint density at radius 3 is 2.33 bits per heavy atom. The minimum atomic E-state index is -1.78. The highest BCUT2D eigenvalue weighted by atomic mass is 79.9. The Labute approximate surface area is 181 Å². The number of fused-ring (bicyclic) bond motifs is 5. The number of aryl methyl sites for hydroxylation is 1. The highest BCUT2D eigenvalue weighted by molar-refractivity contribution is 9.10. The summed E-state index contributed by atoms with van der Waals surface area (Å²) in [6.07, 6.45) is 0. The maximum absolute atomic E-state index is 13.8. The number of nitrogens with zero attached hydrogens (tertiary/aromatic N) is 3. The molecule has 30 heavy (non-hydrogen) atoms. The van der Waals surface area contributed by atoms with Crippen molar-refractivity contribution in [3.8, 4) is 12.1 Å². The lowest BCUT2D eigenvalue weighted by Crippen LogP contribution is -2.63. The molecular formula is C22H16BrN5O2. The van der Waals surface area contributed by atoms with Crippen LogP contribution in [-0.2, 0) is 20.5 Å². The van der Waals surface area contributed by atoms with E-state index in [0.717, 1.165) is 5.56 Å². The second-order valence-corrected chi connectivity index (χ2v) is 9.01. The van der Waals surface area contributed by atoms with Gasteiger partial charge in [0.15, 0.2) is 5.41 Å². The number of benzene rings is 2. The summed E-state index contributed by atoms with van der Waals surface area (Å²) in [6.45, 7) is 1.85. The van der Waals surface area contributed by atoms with Gasteiger partial charge in [-0.05, 0) is 43.8 Å². The van der Waals surface area contributed by atoms with Crippen LogP contribution >= 0.6 is 15.9 Å². The Morgan fingerprint density at radius 1 is 1.00 bits per heavy atom. The molecule has 0 unspecified atom stereocenters. The van der Waals surface area contributed by atoms with Gasteiger partial charge in [0.05, 0.1) is 12.1 Å². The van der Waals surface area contributed by atoms with Crippen molar-refractivity contribution in [2.75, 3.05) is 24.2 Å². The first-order valence-corrected chi connectivity index (χ1v) is 10.2. The fourth-order valence-electron chi connectivity index (χ4n) is 5.66. The lowest BCUT2D eigenvalue weighted by molar-refractivity contribution is -0.137. The number of nitrogens with one attached hydrogen (secondary N) is 2. The fourth-order valence-corrected chi connectivity index (χ4v) is 6.02. The highest BCUT2D eigenvalue weighted by Gasteiger charge is 2.82. The lowest BCUT2D eigenvalue weighted by atomic mass is 9.53. The molecule has 8 heteroatoms. The first kappa shape index (κ1) is 18.8. The van der Waals surface area contributed by atoms with Crippen LogP contribution in [0.1, 0.15) is 16.7 Å². The number of anilines is 2. The molecule has 2 aromatic carbocycles. The molecule has 0 bridgehead atoms. The van der Waals surface area contributed by atoms with Gasteiger partial charge in [-0.2, -0.15) is 10.5 Å². The van der Waals surface area contributed by atoms with E-state index in [1.165, 1.54) is 0 Å². The van der Waals surface area contributed by atoms with Gasteiger partial charge < -0.3 is 10.6 Å². The molecule has 5 rings (SSSR count). The van der Waals surface area contributed by atoms with E-state index in [-0.39, 0.29) is 6.54 Å². The van der Waals surface area contributed by atoms with Crippen LogP contribution in [0.3, 0.4) is 0 Å². The zero-order chi connectivity index (χ0) is 21.5. The van der Waals surface area contributed by atoms with Crippen LogP contribution in [-0.4, -0.2) is 30.3 Å². The third kappa shape index (κ3) is 1.74. The monoisotopic (exact) mass is 461 g/mol. The quantitative estimate of drug-likeness (QED) is 0.626. The second-order valence-electron chi connectivity index (χ2n) is 8.09. The summed E-state index contributed by atoms with van der Waals surface area (Å²) in [5.74, 6) is -0.937. The molecule has 3 aliphatic rings. The van der Waals surface area contributed by atoms with E-state index in [1.807, 2.05) is 19.1 Å². The Bertz CT molecular complexity index is 1250. The van der Waals surface area contributed by atoms with Crippen LogP contribution in [0, 0.1) is 35.0 Å². The van der Waals surface area contributed by atoms with Crippen molar-refractivity contribution >= 4 is 39.1 Å². The van der Waals surface area contributed by atoms with Crippen molar-refractivity contribution in [2.24, 2.45) is 5.41 Å². The van der Waals surface area contributed by atoms with Crippen LogP contribution in [0.5, 0.6) is 0 Å². The van der Waals surface area contributed by atoms with E-state index in [2.05, 4.69) is 38.7 Å². The zero-order valence-electron chi connectivity index (χ0n) is 16.2. The van der Waals surface area contributed by atoms with E-state index in [4.69, 9.17) is 0 Å². The molecule has 3 aliphatic heterocycles. The van der Waals surface area contributed by atoms with E-state index in [9.17, 15) is 20.1 Å². The molecule has 7 nitrogen and oxygen atoms in total. The molecule has 0 aliphatic carbocycles. The summed E-state index contributed by atoms with van der Waals surface area (Å²) >= 11 is 3.45. The molecule has 0 radical (unpaired) electrons. The molecule has 1 fully saturated rings. The third-order valence-electron chi connectivity index (χ3n) is 6.73. The average Bonchev–Trinajstić information content (AvgIpc) is 3.26. The number of halogens is 1. The topological polar surface area (TPSA) is 109 Å². The van der Waals surface area contributed by atoms with Gasteiger partial charge in [0.2, 0.25) is 5.91 Å². The van der Waals surface area contributed by atoms with Crippen molar-refractivity contribution in [3.05, 3.63) is 57.6 Å². The van der Waals surface area contributed by atoms with E-state index in [1.54, 1.807) is 36.2 Å². The molecule has 2 aromatic rings. The minimum absolute atomic E-state index is 0.0554. The number of likely N-dealkylation sites (N-methyl/N-ethyl adjacent to an activating group) is 1. The minimum Gasteiger partial charge on any atom is -0.325 e.